The van der Waals surface area contributed by atoms with Crippen molar-refractivity contribution >= 4 is 39.7 Å². The number of carbonyl (C=O) groups excluding carboxylic acids is 3. The summed E-state index contributed by atoms with van der Waals surface area (Å²) < 4.78 is 0. The van der Waals surface area contributed by atoms with Gasteiger partial charge in [0.2, 0.25) is 5.91 Å². The standard InChI is InChI=1S/C27H30N6O3/c1-18(25(34)28-11-10-20-17-29-23-9-5-3-7-21(20)23)30-27(36)33-14-12-32(13-15-33)26(35)24-16-19-6-2-4-8-22(19)31-24/h2-9,16-18,29,31H,10-15H2,1H3,(H,28,34)(H,30,36)/t18-/m0/s1. The third-order valence-electron chi connectivity index (χ3n) is 6.72. The predicted molar refractivity (Wildman–Crippen MR) is 139 cm³/mol. The van der Waals surface area contributed by atoms with Crippen molar-refractivity contribution in [2.75, 3.05) is 32.7 Å². The molecule has 4 N–H and O–H groups in total. The summed E-state index contributed by atoms with van der Waals surface area (Å²) in [5.41, 5.74) is 3.68. The molecule has 0 bridgehead atoms. The van der Waals surface area contributed by atoms with Crippen molar-refractivity contribution in [2.45, 2.75) is 19.4 Å². The zero-order chi connectivity index (χ0) is 25.1. The number of nitrogens with zero attached hydrogens (tertiary/aromatic N) is 2. The van der Waals surface area contributed by atoms with Crippen LogP contribution in [-0.2, 0) is 11.2 Å². The number of fused-ring (bicyclic) bond motifs is 2. The Labute approximate surface area is 208 Å². The normalized spacial score (nSPS) is 14.7. The molecule has 36 heavy (non-hydrogen) atoms. The van der Waals surface area contributed by atoms with E-state index in [0.29, 0.717) is 44.8 Å². The van der Waals surface area contributed by atoms with Crippen LogP contribution in [0.5, 0.6) is 0 Å². The van der Waals surface area contributed by atoms with E-state index in [1.165, 1.54) is 0 Å². The number of urea groups is 1. The Kier molecular flexibility index (Phi) is 6.62. The van der Waals surface area contributed by atoms with E-state index in [1.54, 1.807) is 16.7 Å². The Morgan fingerprint density at radius 3 is 2.42 bits per heavy atom. The van der Waals surface area contributed by atoms with Gasteiger partial charge in [-0.2, -0.15) is 0 Å². The molecule has 4 amide bonds. The van der Waals surface area contributed by atoms with Crippen molar-refractivity contribution in [2.24, 2.45) is 0 Å². The minimum absolute atomic E-state index is 0.0748. The van der Waals surface area contributed by atoms with Crippen LogP contribution in [-0.4, -0.2) is 76.4 Å². The first-order valence-electron chi connectivity index (χ1n) is 12.2. The Bertz CT molecular complexity index is 1370. The molecule has 1 saturated heterocycles. The topological polar surface area (TPSA) is 113 Å². The number of piperazine rings is 1. The average molecular weight is 487 g/mol. The third-order valence-corrected chi connectivity index (χ3v) is 6.72. The van der Waals surface area contributed by atoms with E-state index in [2.05, 4.69) is 26.7 Å². The lowest BCUT2D eigenvalue weighted by Crippen LogP contribution is -2.56. The molecule has 0 radical (unpaired) electrons. The number of hydrogen-bond donors (Lipinski definition) is 4. The maximum Gasteiger partial charge on any atom is 0.318 e. The predicted octanol–water partition coefficient (Wildman–Crippen LogP) is 2.86. The molecule has 9 nitrogen and oxygen atoms in total. The quantitative estimate of drug-likeness (QED) is 0.336. The molecule has 1 aliphatic heterocycles. The molecular formula is C27H30N6O3. The van der Waals surface area contributed by atoms with E-state index in [1.807, 2.05) is 54.7 Å². The Morgan fingerprint density at radius 2 is 1.64 bits per heavy atom. The highest BCUT2D eigenvalue weighted by molar-refractivity contribution is 5.98. The van der Waals surface area contributed by atoms with Crippen LogP contribution in [0.4, 0.5) is 4.79 Å². The van der Waals surface area contributed by atoms with Crippen molar-refractivity contribution in [3.63, 3.8) is 0 Å². The monoisotopic (exact) mass is 486 g/mol. The second-order valence-corrected chi connectivity index (χ2v) is 9.12. The summed E-state index contributed by atoms with van der Waals surface area (Å²) in [6.07, 6.45) is 2.66. The SMILES string of the molecule is C[C@H](NC(=O)N1CCN(C(=O)c2cc3ccccc3[nH]2)CC1)C(=O)NCCc1c[nH]c2ccccc12. The summed E-state index contributed by atoms with van der Waals surface area (Å²) in [5.74, 6) is -0.301. The molecule has 0 spiro atoms. The van der Waals surface area contributed by atoms with Gasteiger partial charge >= 0.3 is 6.03 Å². The molecule has 0 aliphatic carbocycles. The van der Waals surface area contributed by atoms with Crippen molar-refractivity contribution in [3.05, 3.63) is 72.1 Å². The fraction of sp³-hybridized carbons (Fsp3) is 0.296. The zero-order valence-electron chi connectivity index (χ0n) is 20.2. The van der Waals surface area contributed by atoms with Gasteiger partial charge in [-0.05, 0) is 37.1 Å². The lowest BCUT2D eigenvalue weighted by molar-refractivity contribution is -0.122. The number of para-hydroxylation sites is 2. The van der Waals surface area contributed by atoms with Gasteiger partial charge in [0, 0.05) is 60.7 Å². The maximum absolute atomic E-state index is 12.9. The summed E-state index contributed by atoms with van der Waals surface area (Å²) in [7, 11) is 0. The first kappa shape index (κ1) is 23.5. The van der Waals surface area contributed by atoms with Crippen LogP contribution < -0.4 is 10.6 Å². The van der Waals surface area contributed by atoms with Gasteiger partial charge in [-0.3, -0.25) is 9.59 Å². The number of carbonyl (C=O) groups is 3. The largest absolute Gasteiger partial charge is 0.361 e. The van der Waals surface area contributed by atoms with Crippen molar-refractivity contribution in [1.82, 2.24) is 30.4 Å². The summed E-state index contributed by atoms with van der Waals surface area (Å²) in [5, 5.41) is 7.82. The molecule has 0 saturated carbocycles. The maximum atomic E-state index is 12.9. The Hall–Kier alpha value is -4.27. The molecule has 9 heteroatoms. The molecule has 1 fully saturated rings. The van der Waals surface area contributed by atoms with E-state index in [4.69, 9.17) is 0 Å². The Balaban J connectivity index is 1.06. The minimum Gasteiger partial charge on any atom is -0.361 e. The second-order valence-electron chi connectivity index (χ2n) is 9.12. The number of benzene rings is 2. The van der Waals surface area contributed by atoms with Gasteiger partial charge in [-0.15, -0.1) is 0 Å². The molecule has 1 aliphatic rings. The van der Waals surface area contributed by atoms with E-state index < -0.39 is 6.04 Å². The van der Waals surface area contributed by atoms with Crippen LogP contribution >= 0.6 is 0 Å². The van der Waals surface area contributed by atoms with Gasteiger partial charge in [-0.1, -0.05) is 36.4 Å². The number of aromatic amines is 2. The molecule has 5 rings (SSSR count). The first-order chi connectivity index (χ1) is 17.5. The fourth-order valence-electron chi connectivity index (χ4n) is 4.63. The number of hydrogen-bond acceptors (Lipinski definition) is 3. The molecule has 2 aromatic carbocycles. The lowest BCUT2D eigenvalue weighted by atomic mass is 10.1. The first-order valence-corrected chi connectivity index (χ1v) is 12.2. The van der Waals surface area contributed by atoms with Crippen LogP contribution in [0.3, 0.4) is 0 Å². The highest BCUT2D eigenvalue weighted by atomic mass is 16.2. The Morgan fingerprint density at radius 1 is 0.944 bits per heavy atom. The number of nitrogens with one attached hydrogen (secondary N) is 4. The highest BCUT2D eigenvalue weighted by Crippen LogP contribution is 2.18. The number of rotatable bonds is 6. The molecular weight excluding hydrogens is 456 g/mol. The van der Waals surface area contributed by atoms with Gasteiger partial charge in [0.25, 0.3) is 5.91 Å². The number of H-pyrrole nitrogens is 2. The minimum atomic E-state index is -0.661. The van der Waals surface area contributed by atoms with Crippen molar-refractivity contribution in [1.29, 1.82) is 0 Å². The van der Waals surface area contributed by atoms with Gasteiger partial charge in [0.1, 0.15) is 11.7 Å². The lowest BCUT2D eigenvalue weighted by Gasteiger charge is -2.35. The van der Waals surface area contributed by atoms with Crippen LogP contribution in [0.25, 0.3) is 21.8 Å². The summed E-state index contributed by atoms with van der Waals surface area (Å²) in [6.45, 7) is 3.85. The fourth-order valence-corrected chi connectivity index (χ4v) is 4.63. The van der Waals surface area contributed by atoms with Crippen LogP contribution in [0.1, 0.15) is 23.0 Å². The van der Waals surface area contributed by atoms with Crippen LogP contribution in [0, 0.1) is 0 Å². The number of amides is 4. The van der Waals surface area contributed by atoms with Crippen molar-refractivity contribution in [3.8, 4) is 0 Å². The van der Waals surface area contributed by atoms with E-state index in [-0.39, 0.29) is 17.8 Å². The zero-order valence-corrected chi connectivity index (χ0v) is 20.2. The second kappa shape index (κ2) is 10.2. The number of aromatic nitrogens is 2. The average Bonchev–Trinajstić information content (AvgIpc) is 3.52. The van der Waals surface area contributed by atoms with E-state index in [0.717, 1.165) is 27.4 Å². The van der Waals surface area contributed by atoms with E-state index in [9.17, 15) is 14.4 Å². The van der Waals surface area contributed by atoms with Gasteiger partial charge < -0.3 is 30.4 Å². The summed E-state index contributed by atoms with van der Waals surface area (Å²) in [4.78, 5) is 47.9. The molecule has 4 aromatic rings. The smallest absolute Gasteiger partial charge is 0.318 e. The molecule has 1 atom stereocenters. The molecule has 186 valence electrons. The third kappa shape index (κ3) is 4.91. The van der Waals surface area contributed by atoms with E-state index >= 15 is 0 Å². The summed E-state index contributed by atoms with van der Waals surface area (Å²) in [6, 6.07) is 16.7. The van der Waals surface area contributed by atoms with Crippen molar-refractivity contribution < 1.29 is 14.4 Å². The van der Waals surface area contributed by atoms with Gasteiger partial charge in [0.15, 0.2) is 0 Å². The molecule has 2 aromatic heterocycles. The van der Waals surface area contributed by atoms with Crippen LogP contribution in [0.15, 0.2) is 60.8 Å². The van der Waals surface area contributed by atoms with Gasteiger partial charge in [0.05, 0.1) is 0 Å². The highest BCUT2D eigenvalue weighted by Gasteiger charge is 2.27. The van der Waals surface area contributed by atoms with Gasteiger partial charge in [-0.25, -0.2) is 4.79 Å². The molecule has 3 heterocycles. The summed E-state index contributed by atoms with van der Waals surface area (Å²) >= 11 is 0. The van der Waals surface area contributed by atoms with Crippen LogP contribution in [0.2, 0.25) is 0 Å². The molecule has 0 unspecified atom stereocenters.